The summed E-state index contributed by atoms with van der Waals surface area (Å²) < 4.78 is 0. The zero-order valence-electron chi connectivity index (χ0n) is 6.47. The second kappa shape index (κ2) is 1.35. The highest BCUT2D eigenvalue weighted by Crippen LogP contribution is 2.83. The van der Waals surface area contributed by atoms with E-state index in [1.54, 1.807) is 0 Å². The maximum Gasteiger partial charge on any atom is 0.307 e. The van der Waals surface area contributed by atoms with Crippen molar-refractivity contribution >= 4 is 5.97 Å². The summed E-state index contributed by atoms with van der Waals surface area (Å²) in [6.45, 7) is 0. The van der Waals surface area contributed by atoms with Gasteiger partial charge in [0.05, 0.1) is 5.92 Å². The highest BCUT2D eigenvalue weighted by Gasteiger charge is 2.77. The van der Waals surface area contributed by atoms with Crippen LogP contribution in [0.3, 0.4) is 0 Å². The Morgan fingerprint density at radius 1 is 1.27 bits per heavy atom. The first kappa shape index (κ1) is 6.04. The minimum atomic E-state index is -0.542. The highest BCUT2D eigenvalue weighted by atomic mass is 16.4. The second-order valence-electron chi connectivity index (χ2n) is 4.53. The Hall–Kier alpha value is -0.530. The first-order valence-electron chi connectivity index (χ1n) is 4.43. The molecule has 0 bridgehead atoms. The molecular weight excluding hydrogens is 140 g/mol. The minimum absolute atomic E-state index is 0.0324. The van der Waals surface area contributed by atoms with Crippen molar-refractivity contribution in [2.45, 2.75) is 32.1 Å². The number of aliphatic carboxylic acids is 1. The van der Waals surface area contributed by atoms with Crippen molar-refractivity contribution in [3.63, 3.8) is 0 Å². The maximum atomic E-state index is 10.8. The van der Waals surface area contributed by atoms with Crippen LogP contribution in [0.2, 0.25) is 0 Å². The lowest BCUT2D eigenvalue weighted by molar-refractivity contribution is -0.155. The van der Waals surface area contributed by atoms with Gasteiger partial charge in [-0.05, 0) is 42.9 Å². The predicted octanol–water partition coefficient (Wildman–Crippen LogP) is 1.65. The molecule has 0 amide bonds. The van der Waals surface area contributed by atoms with Gasteiger partial charge in [0.2, 0.25) is 0 Å². The van der Waals surface area contributed by atoms with Crippen LogP contribution >= 0.6 is 0 Å². The van der Waals surface area contributed by atoms with Crippen LogP contribution < -0.4 is 0 Å². The van der Waals surface area contributed by atoms with E-state index in [0.717, 1.165) is 6.42 Å². The fourth-order valence-electron chi connectivity index (χ4n) is 3.22. The molecule has 2 spiro atoms. The third-order valence-corrected chi connectivity index (χ3v) is 4.26. The molecule has 0 aromatic rings. The van der Waals surface area contributed by atoms with Crippen LogP contribution in [-0.2, 0) is 4.79 Å². The number of fused-ring (bicyclic) bond motifs is 1. The Kier molecular flexibility index (Phi) is 0.739. The van der Waals surface area contributed by atoms with Crippen molar-refractivity contribution in [3.05, 3.63) is 0 Å². The zero-order valence-corrected chi connectivity index (χ0v) is 6.47. The monoisotopic (exact) mass is 152 g/mol. The minimum Gasteiger partial charge on any atom is -0.481 e. The van der Waals surface area contributed by atoms with Crippen molar-refractivity contribution in [1.29, 1.82) is 0 Å². The molecule has 1 unspecified atom stereocenters. The fraction of sp³-hybridized carbons (Fsp3) is 0.889. The highest BCUT2D eigenvalue weighted by molar-refractivity contribution is 5.74. The lowest BCUT2D eigenvalue weighted by Gasteiger charge is -2.44. The predicted molar refractivity (Wildman–Crippen MR) is 39.1 cm³/mol. The number of carboxylic acids is 1. The van der Waals surface area contributed by atoms with Crippen molar-refractivity contribution < 1.29 is 9.90 Å². The van der Waals surface area contributed by atoms with Gasteiger partial charge in [-0.3, -0.25) is 4.79 Å². The third-order valence-electron chi connectivity index (χ3n) is 4.26. The second-order valence-corrected chi connectivity index (χ2v) is 4.53. The molecule has 11 heavy (non-hydrogen) atoms. The third kappa shape index (κ3) is 0.472. The van der Waals surface area contributed by atoms with E-state index in [1.165, 1.54) is 25.7 Å². The van der Waals surface area contributed by atoms with Gasteiger partial charge in [0.15, 0.2) is 0 Å². The summed E-state index contributed by atoms with van der Waals surface area (Å²) in [7, 11) is 0. The van der Waals surface area contributed by atoms with Gasteiger partial charge in [0, 0.05) is 0 Å². The number of carboxylic acid groups (broad SMARTS) is 1. The number of hydrogen-bond acceptors (Lipinski definition) is 1. The standard InChI is InChI=1S/C9H12O2/c10-7(11)6-5-8(1-2-8)9(6)3-4-9/h6H,1-5H2,(H,10,11). The van der Waals surface area contributed by atoms with E-state index in [1.807, 2.05) is 0 Å². The van der Waals surface area contributed by atoms with E-state index in [-0.39, 0.29) is 5.92 Å². The van der Waals surface area contributed by atoms with Crippen molar-refractivity contribution in [2.75, 3.05) is 0 Å². The molecule has 0 aromatic heterocycles. The lowest BCUT2D eigenvalue weighted by atomic mass is 9.58. The van der Waals surface area contributed by atoms with E-state index in [2.05, 4.69) is 0 Å². The summed E-state index contributed by atoms with van der Waals surface area (Å²) in [5.41, 5.74) is 0.870. The maximum absolute atomic E-state index is 10.8. The largest absolute Gasteiger partial charge is 0.481 e. The summed E-state index contributed by atoms with van der Waals surface area (Å²) >= 11 is 0. The van der Waals surface area contributed by atoms with Crippen LogP contribution in [0, 0.1) is 16.7 Å². The van der Waals surface area contributed by atoms with Gasteiger partial charge in [0.25, 0.3) is 0 Å². The SMILES string of the molecule is O=C(O)C1CC2(CC2)C12CC2. The molecule has 2 nitrogen and oxygen atoms in total. The van der Waals surface area contributed by atoms with Gasteiger partial charge >= 0.3 is 5.97 Å². The van der Waals surface area contributed by atoms with Crippen molar-refractivity contribution in [3.8, 4) is 0 Å². The summed E-state index contributed by atoms with van der Waals surface area (Å²) in [5.74, 6) is -0.509. The van der Waals surface area contributed by atoms with Crippen molar-refractivity contribution in [1.82, 2.24) is 0 Å². The molecule has 0 radical (unpaired) electrons. The molecule has 3 saturated carbocycles. The summed E-state index contributed by atoms with van der Waals surface area (Å²) in [6, 6.07) is 0. The Morgan fingerprint density at radius 2 is 1.91 bits per heavy atom. The van der Waals surface area contributed by atoms with Gasteiger partial charge in [-0.2, -0.15) is 0 Å². The van der Waals surface area contributed by atoms with Crippen LogP contribution in [-0.4, -0.2) is 11.1 Å². The van der Waals surface area contributed by atoms with E-state index < -0.39 is 5.97 Å². The molecule has 3 aliphatic carbocycles. The van der Waals surface area contributed by atoms with Crippen LogP contribution in [0.4, 0.5) is 0 Å². The van der Waals surface area contributed by atoms with Gasteiger partial charge in [0.1, 0.15) is 0 Å². The van der Waals surface area contributed by atoms with E-state index in [0.29, 0.717) is 10.8 Å². The first-order valence-corrected chi connectivity index (χ1v) is 4.43. The van der Waals surface area contributed by atoms with Gasteiger partial charge in [-0.1, -0.05) is 0 Å². The zero-order chi connectivity index (χ0) is 7.69. The van der Waals surface area contributed by atoms with Gasteiger partial charge in [-0.15, -0.1) is 0 Å². The summed E-state index contributed by atoms with van der Waals surface area (Å²) in [6.07, 6.45) is 6.02. The number of carbonyl (C=O) groups is 1. The molecule has 1 N–H and O–H groups in total. The molecular formula is C9H12O2. The summed E-state index contributed by atoms with van der Waals surface area (Å²) in [4.78, 5) is 10.8. The summed E-state index contributed by atoms with van der Waals surface area (Å²) in [5, 5.41) is 8.87. The van der Waals surface area contributed by atoms with Crippen molar-refractivity contribution in [2.24, 2.45) is 16.7 Å². The molecule has 0 aliphatic heterocycles. The normalized spacial score (nSPS) is 40.2. The smallest absolute Gasteiger partial charge is 0.307 e. The average Bonchev–Trinajstić information content (AvgIpc) is 2.79. The first-order chi connectivity index (χ1) is 5.20. The molecule has 3 rings (SSSR count). The molecule has 2 heteroatoms. The Bertz CT molecular complexity index is 236. The number of rotatable bonds is 1. The Balaban J connectivity index is 1.89. The molecule has 3 aliphatic rings. The Labute approximate surface area is 65.6 Å². The lowest BCUT2D eigenvalue weighted by Crippen LogP contribution is -2.45. The van der Waals surface area contributed by atoms with Crippen LogP contribution in [0.1, 0.15) is 32.1 Å². The molecule has 0 aromatic carbocycles. The van der Waals surface area contributed by atoms with E-state index >= 15 is 0 Å². The molecule has 0 saturated heterocycles. The molecule has 60 valence electrons. The topological polar surface area (TPSA) is 37.3 Å². The quantitative estimate of drug-likeness (QED) is 0.620. The molecule has 0 heterocycles. The number of hydrogen-bond donors (Lipinski definition) is 1. The fourth-order valence-corrected chi connectivity index (χ4v) is 3.22. The average molecular weight is 152 g/mol. The van der Waals surface area contributed by atoms with Gasteiger partial charge in [-0.25, -0.2) is 0 Å². The van der Waals surface area contributed by atoms with E-state index in [4.69, 9.17) is 5.11 Å². The van der Waals surface area contributed by atoms with E-state index in [9.17, 15) is 4.79 Å². The molecule has 3 fully saturated rings. The molecule has 1 atom stereocenters. The van der Waals surface area contributed by atoms with Crippen LogP contribution in [0.15, 0.2) is 0 Å². The van der Waals surface area contributed by atoms with Crippen LogP contribution in [0.5, 0.6) is 0 Å². The Morgan fingerprint density at radius 3 is 2.27 bits per heavy atom. The van der Waals surface area contributed by atoms with Gasteiger partial charge < -0.3 is 5.11 Å². The van der Waals surface area contributed by atoms with Crippen LogP contribution in [0.25, 0.3) is 0 Å².